The van der Waals surface area contributed by atoms with Gasteiger partial charge in [0.05, 0.1) is 29.3 Å². The first-order valence-corrected chi connectivity index (χ1v) is 9.72. The van der Waals surface area contributed by atoms with Crippen LogP contribution in [0.4, 0.5) is 5.82 Å². The fourth-order valence-corrected chi connectivity index (χ4v) is 3.52. The van der Waals surface area contributed by atoms with Gasteiger partial charge in [0.1, 0.15) is 11.9 Å². The van der Waals surface area contributed by atoms with Crippen LogP contribution >= 0.6 is 0 Å². The molecule has 6 nitrogen and oxygen atoms in total. The number of nitrogens with two attached hydrogens (primary N) is 1. The molecule has 1 aliphatic heterocycles. The Hall–Kier alpha value is -3.12. The number of nitrogens with zero attached hydrogens (tertiary/aromatic N) is 2. The van der Waals surface area contributed by atoms with Crippen molar-refractivity contribution in [3.8, 4) is 11.3 Å². The van der Waals surface area contributed by atoms with Gasteiger partial charge in [-0.1, -0.05) is 29.4 Å². The van der Waals surface area contributed by atoms with Gasteiger partial charge in [-0.3, -0.25) is 0 Å². The highest BCUT2D eigenvalue weighted by Crippen LogP contribution is 2.26. The molecule has 3 heterocycles. The number of nitrogen functional groups attached to an aromatic ring is 1. The van der Waals surface area contributed by atoms with Gasteiger partial charge in [-0.25, -0.2) is 4.98 Å². The van der Waals surface area contributed by atoms with Crippen molar-refractivity contribution >= 4 is 5.82 Å². The van der Waals surface area contributed by atoms with Crippen LogP contribution in [0.15, 0.2) is 58.8 Å². The predicted molar refractivity (Wildman–Crippen MR) is 111 cm³/mol. The quantitative estimate of drug-likeness (QED) is 0.647. The summed E-state index contributed by atoms with van der Waals surface area (Å²) in [6.45, 7) is 2.43. The van der Waals surface area contributed by atoms with Gasteiger partial charge < -0.3 is 19.7 Å². The number of ether oxygens (including phenoxy) is 2. The summed E-state index contributed by atoms with van der Waals surface area (Å²) in [4.78, 5) is 4.34. The van der Waals surface area contributed by atoms with Crippen molar-refractivity contribution in [3.63, 3.8) is 0 Å². The number of allylic oxidation sites excluding steroid dienone is 1. The largest absolute Gasteiger partial charge is 0.495 e. The fourth-order valence-electron chi connectivity index (χ4n) is 3.52. The lowest BCUT2D eigenvalue weighted by Crippen LogP contribution is -2.09. The standard InChI is InChI=1S/C23H25N3O3/c1-15-3-9-20(28-15)12-17-6-4-16(5-7-17)11-19-13-22(29-26-19)21-10-8-18(14-27-2)25-23(21)24/h3-8,10,13,20H,9,11-12,14H2,1-2H3,(H2,24,25). The third kappa shape index (κ3) is 4.66. The highest BCUT2D eigenvalue weighted by molar-refractivity contribution is 5.69. The van der Waals surface area contributed by atoms with E-state index in [1.165, 1.54) is 11.1 Å². The molecule has 6 heteroatoms. The van der Waals surface area contributed by atoms with Crippen LogP contribution in [0, 0.1) is 0 Å². The Morgan fingerprint density at radius 1 is 1.10 bits per heavy atom. The van der Waals surface area contributed by atoms with Gasteiger partial charge in [0.15, 0.2) is 5.76 Å². The number of pyridine rings is 1. The first kappa shape index (κ1) is 19.2. The van der Waals surface area contributed by atoms with E-state index in [0.717, 1.165) is 35.6 Å². The van der Waals surface area contributed by atoms with Crippen LogP contribution in [-0.2, 0) is 28.9 Å². The lowest BCUT2D eigenvalue weighted by atomic mass is 10.0. The number of benzene rings is 1. The second kappa shape index (κ2) is 8.49. The van der Waals surface area contributed by atoms with E-state index in [2.05, 4.69) is 40.5 Å². The zero-order valence-electron chi connectivity index (χ0n) is 16.7. The van der Waals surface area contributed by atoms with Crippen LogP contribution in [0.25, 0.3) is 11.3 Å². The smallest absolute Gasteiger partial charge is 0.170 e. The average Bonchev–Trinajstić information content (AvgIpc) is 3.33. The molecule has 0 fully saturated rings. The second-order valence-corrected chi connectivity index (χ2v) is 7.34. The molecule has 0 amide bonds. The Morgan fingerprint density at radius 2 is 1.90 bits per heavy atom. The minimum Gasteiger partial charge on any atom is -0.495 e. The molecule has 0 saturated carbocycles. The molecule has 0 aliphatic carbocycles. The Bertz CT molecular complexity index is 1010. The summed E-state index contributed by atoms with van der Waals surface area (Å²) in [7, 11) is 1.63. The van der Waals surface area contributed by atoms with Crippen LogP contribution in [0.2, 0.25) is 0 Å². The zero-order chi connectivity index (χ0) is 20.2. The lowest BCUT2D eigenvalue weighted by Gasteiger charge is -2.12. The number of aromatic nitrogens is 2. The molecule has 1 aromatic carbocycles. The highest BCUT2D eigenvalue weighted by Gasteiger charge is 2.16. The molecule has 0 spiro atoms. The van der Waals surface area contributed by atoms with E-state index in [-0.39, 0.29) is 6.10 Å². The van der Waals surface area contributed by atoms with Crippen molar-refractivity contribution in [1.29, 1.82) is 0 Å². The molecular weight excluding hydrogens is 366 g/mol. The molecule has 2 aromatic heterocycles. The van der Waals surface area contributed by atoms with E-state index < -0.39 is 0 Å². The maximum Gasteiger partial charge on any atom is 0.170 e. The Balaban J connectivity index is 1.40. The molecule has 0 saturated heterocycles. The molecule has 150 valence electrons. The van der Waals surface area contributed by atoms with E-state index >= 15 is 0 Å². The summed E-state index contributed by atoms with van der Waals surface area (Å²) < 4.78 is 16.4. The summed E-state index contributed by atoms with van der Waals surface area (Å²) in [5.74, 6) is 2.05. The molecule has 1 atom stereocenters. The van der Waals surface area contributed by atoms with E-state index in [9.17, 15) is 0 Å². The van der Waals surface area contributed by atoms with Crippen LogP contribution in [0.1, 0.15) is 35.9 Å². The van der Waals surface area contributed by atoms with Gasteiger partial charge in [-0.2, -0.15) is 0 Å². The molecule has 0 bridgehead atoms. The van der Waals surface area contributed by atoms with Crippen molar-refractivity contribution < 1.29 is 14.0 Å². The van der Waals surface area contributed by atoms with Gasteiger partial charge in [-0.05, 0) is 36.3 Å². The van der Waals surface area contributed by atoms with Crippen molar-refractivity contribution in [2.24, 2.45) is 0 Å². The van der Waals surface area contributed by atoms with Gasteiger partial charge in [0, 0.05) is 32.4 Å². The number of anilines is 1. The van der Waals surface area contributed by atoms with Crippen molar-refractivity contribution in [1.82, 2.24) is 10.1 Å². The molecule has 2 N–H and O–H groups in total. The maximum atomic E-state index is 6.07. The lowest BCUT2D eigenvalue weighted by molar-refractivity contribution is 0.145. The Morgan fingerprint density at radius 3 is 2.59 bits per heavy atom. The molecule has 0 radical (unpaired) electrons. The molecule has 1 aliphatic rings. The van der Waals surface area contributed by atoms with Crippen LogP contribution in [0.5, 0.6) is 0 Å². The normalized spacial score (nSPS) is 15.9. The summed E-state index contributed by atoms with van der Waals surface area (Å²) in [5.41, 5.74) is 10.9. The summed E-state index contributed by atoms with van der Waals surface area (Å²) in [6.07, 6.45) is 5.01. The SMILES string of the molecule is COCc1ccc(-c2cc(Cc3ccc(CC4CC=C(C)O4)cc3)no2)c(N)n1. The molecule has 3 aromatic rings. The highest BCUT2D eigenvalue weighted by atomic mass is 16.5. The molecule has 1 unspecified atom stereocenters. The van der Waals surface area contributed by atoms with E-state index in [1.54, 1.807) is 7.11 Å². The maximum absolute atomic E-state index is 6.07. The van der Waals surface area contributed by atoms with Crippen molar-refractivity contribution in [3.05, 3.63) is 76.8 Å². The minimum atomic E-state index is 0.258. The van der Waals surface area contributed by atoms with Crippen molar-refractivity contribution in [2.75, 3.05) is 12.8 Å². The summed E-state index contributed by atoms with van der Waals surface area (Å²) >= 11 is 0. The van der Waals surface area contributed by atoms with E-state index in [1.807, 2.05) is 25.1 Å². The van der Waals surface area contributed by atoms with Gasteiger partial charge in [0.25, 0.3) is 0 Å². The molecular formula is C23H25N3O3. The Labute approximate surface area is 170 Å². The molecule has 29 heavy (non-hydrogen) atoms. The Kier molecular flexibility index (Phi) is 5.62. The molecule has 4 rings (SSSR count). The summed E-state index contributed by atoms with van der Waals surface area (Å²) in [5, 5.41) is 4.19. The van der Waals surface area contributed by atoms with E-state index in [4.69, 9.17) is 19.7 Å². The van der Waals surface area contributed by atoms with Gasteiger partial charge >= 0.3 is 0 Å². The third-order valence-corrected chi connectivity index (χ3v) is 4.99. The monoisotopic (exact) mass is 391 g/mol. The van der Waals surface area contributed by atoms with Crippen molar-refractivity contribution in [2.45, 2.75) is 38.9 Å². The number of hydrogen-bond donors (Lipinski definition) is 1. The first-order valence-electron chi connectivity index (χ1n) is 9.72. The number of methoxy groups -OCH3 is 1. The second-order valence-electron chi connectivity index (χ2n) is 7.34. The van der Waals surface area contributed by atoms with Gasteiger partial charge in [0.2, 0.25) is 0 Å². The number of rotatable bonds is 7. The first-order chi connectivity index (χ1) is 14.1. The van der Waals surface area contributed by atoms with Crippen LogP contribution in [0.3, 0.4) is 0 Å². The minimum absolute atomic E-state index is 0.258. The summed E-state index contributed by atoms with van der Waals surface area (Å²) in [6, 6.07) is 14.3. The third-order valence-electron chi connectivity index (χ3n) is 4.99. The van der Waals surface area contributed by atoms with Crippen LogP contribution < -0.4 is 5.73 Å². The van der Waals surface area contributed by atoms with Gasteiger partial charge in [-0.15, -0.1) is 0 Å². The predicted octanol–water partition coefficient (Wildman–Crippen LogP) is 4.29. The number of hydrogen-bond acceptors (Lipinski definition) is 6. The zero-order valence-corrected chi connectivity index (χ0v) is 16.7. The van der Waals surface area contributed by atoms with Crippen LogP contribution in [-0.4, -0.2) is 23.4 Å². The topological polar surface area (TPSA) is 83.4 Å². The van der Waals surface area contributed by atoms with E-state index in [0.29, 0.717) is 24.6 Å². The fraction of sp³-hybridized carbons (Fsp3) is 0.304. The average molecular weight is 391 g/mol.